The molecule has 0 aromatic carbocycles. The smallest absolute Gasteiger partial charge is 0.223 e. The Morgan fingerprint density at radius 3 is 2.94 bits per heavy atom. The van der Waals surface area contributed by atoms with Gasteiger partial charge in [-0.1, -0.05) is 6.92 Å². The molecule has 0 radical (unpaired) electrons. The summed E-state index contributed by atoms with van der Waals surface area (Å²) in [6.07, 6.45) is 4.70. The fraction of sp³-hybridized carbons (Fsp3) is 0.417. The van der Waals surface area contributed by atoms with Crippen LogP contribution < -0.4 is 5.32 Å². The normalized spacial score (nSPS) is 10.5. The van der Waals surface area contributed by atoms with Crippen LogP contribution in [0.2, 0.25) is 0 Å². The first kappa shape index (κ1) is 11.6. The van der Waals surface area contributed by atoms with Gasteiger partial charge in [0.15, 0.2) is 0 Å². The molecule has 0 aliphatic heterocycles. The summed E-state index contributed by atoms with van der Waals surface area (Å²) in [6.45, 7) is 5.05. The van der Waals surface area contributed by atoms with Gasteiger partial charge in [0.25, 0.3) is 0 Å². The van der Waals surface area contributed by atoms with Crippen LogP contribution in [0.25, 0.3) is 11.4 Å². The summed E-state index contributed by atoms with van der Waals surface area (Å²) in [5, 5.41) is 7.27. The second-order valence-corrected chi connectivity index (χ2v) is 3.91. The molecule has 2 aromatic heterocycles. The van der Waals surface area contributed by atoms with Gasteiger partial charge in [0.2, 0.25) is 5.95 Å². The summed E-state index contributed by atoms with van der Waals surface area (Å²) in [5.74, 6) is 0.634. The first-order valence-corrected chi connectivity index (χ1v) is 5.79. The van der Waals surface area contributed by atoms with Gasteiger partial charge in [-0.3, -0.25) is 4.68 Å². The number of nitrogens with zero attached hydrogens (tertiary/aromatic N) is 4. The molecule has 2 rings (SSSR count). The molecule has 2 aromatic rings. The summed E-state index contributed by atoms with van der Waals surface area (Å²) >= 11 is 0. The van der Waals surface area contributed by atoms with Gasteiger partial charge in [0.05, 0.1) is 11.4 Å². The first-order chi connectivity index (χ1) is 8.26. The lowest BCUT2D eigenvalue weighted by Crippen LogP contribution is -2.05. The molecule has 0 spiro atoms. The molecule has 0 aliphatic carbocycles. The van der Waals surface area contributed by atoms with Crippen molar-refractivity contribution in [2.24, 2.45) is 0 Å². The van der Waals surface area contributed by atoms with Gasteiger partial charge in [-0.25, -0.2) is 9.97 Å². The number of anilines is 1. The minimum Gasteiger partial charge on any atom is -0.357 e. The Bertz CT molecular complexity index is 503. The first-order valence-electron chi connectivity index (χ1n) is 5.79. The standard InChI is InChI=1S/C12H17N5/c1-4-7-17-10(5-6-15-17)11-9(2)8-14-12(13-3)16-11/h5-6,8H,4,7H2,1-3H3,(H,13,14,16). The van der Waals surface area contributed by atoms with Gasteiger partial charge in [-0.05, 0) is 25.0 Å². The highest BCUT2D eigenvalue weighted by atomic mass is 15.3. The maximum Gasteiger partial charge on any atom is 0.223 e. The van der Waals surface area contributed by atoms with E-state index in [1.54, 1.807) is 0 Å². The van der Waals surface area contributed by atoms with E-state index in [9.17, 15) is 0 Å². The zero-order valence-corrected chi connectivity index (χ0v) is 10.4. The van der Waals surface area contributed by atoms with Crippen LogP contribution in [0.5, 0.6) is 0 Å². The van der Waals surface area contributed by atoms with Crippen molar-refractivity contribution >= 4 is 5.95 Å². The van der Waals surface area contributed by atoms with E-state index in [4.69, 9.17) is 0 Å². The zero-order valence-electron chi connectivity index (χ0n) is 10.4. The number of aromatic nitrogens is 4. The second-order valence-electron chi connectivity index (χ2n) is 3.91. The molecule has 0 saturated carbocycles. The number of rotatable bonds is 4. The van der Waals surface area contributed by atoms with Crippen molar-refractivity contribution in [3.05, 3.63) is 24.0 Å². The average molecular weight is 231 g/mol. The highest BCUT2D eigenvalue weighted by Gasteiger charge is 2.10. The highest BCUT2D eigenvalue weighted by Crippen LogP contribution is 2.21. The molecule has 0 fully saturated rings. The van der Waals surface area contributed by atoms with Crippen LogP contribution in [0.3, 0.4) is 0 Å². The van der Waals surface area contributed by atoms with Crippen molar-refractivity contribution in [2.75, 3.05) is 12.4 Å². The molecular formula is C12H17N5. The fourth-order valence-electron chi connectivity index (χ4n) is 1.75. The van der Waals surface area contributed by atoms with Crippen molar-refractivity contribution < 1.29 is 0 Å². The highest BCUT2D eigenvalue weighted by molar-refractivity contribution is 5.59. The predicted octanol–water partition coefficient (Wildman–Crippen LogP) is 2.10. The van der Waals surface area contributed by atoms with Crippen LogP contribution in [0.1, 0.15) is 18.9 Å². The van der Waals surface area contributed by atoms with Crippen LogP contribution in [-0.4, -0.2) is 26.8 Å². The van der Waals surface area contributed by atoms with E-state index in [0.29, 0.717) is 5.95 Å². The third-order valence-electron chi connectivity index (χ3n) is 2.59. The molecule has 0 atom stereocenters. The van der Waals surface area contributed by atoms with E-state index in [2.05, 4.69) is 27.3 Å². The van der Waals surface area contributed by atoms with E-state index in [0.717, 1.165) is 29.9 Å². The van der Waals surface area contributed by atoms with Gasteiger partial charge in [-0.2, -0.15) is 5.10 Å². The van der Waals surface area contributed by atoms with Crippen LogP contribution >= 0.6 is 0 Å². The van der Waals surface area contributed by atoms with Crippen molar-refractivity contribution in [2.45, 2.75) is 26.8 Å². The van der Waals surface area contributed by atoms with E-state index >= 15 is 0 Å². The Hall–Kier alpha value is -1.91. The van der Waals surface area contributed by atoms with E-state index in [1.807, 2.05) is 37.1 Å². The van der Waals surface area contributed by atoms with Gasteiger partial charge in [0, 0.05) is 26.0 Å². The quantitative estimate of drug-likeness (QED) is 0.875. The Balaban J connectivity index is 2.47. The third kappa shape index (κ3) is 2.27. The number of nitrogens with one attached hydrogen (secondary N) is 1. The van der Waals surface area contributed by atoms with Crippen molar-refractivity contribution in [1.82, 2.24) is 19.7 Å². The lowest BCUT2D eigenvalue weighted by Gasteiger charge is -2.09. The number of hydrogen-bond acceptors (Lipinski definition) is 4. The van der Waals surface area contributed by atoms with Crippen LogP contribution in [0.4, 0.5) is 5.95 Å². The summed E-state index contributed by atoms with van der Waals surface area (Å²) in [6, 6.07) is 1.99. The summed E-state index contributed by atoms with van der Waals surface area (Å²) in [5.41, 5.74) is 3.04. The predicted molar refractivity (Wildman–Crippen MR) is 67.8 cm³/mol. The molecule has 2 heterocycles. The van der Waals surface area contributed by atoms with Crippen LogP contribution in [-0.2, 0) is 6.54 Å². The zero-order chi connectivity index (χ0) is 12.3. The Morgan fingerprint density at radius 2 is 2.24 bits per heavy atom. The lowest BCUT2D eigenvalue weighted by atomic mass is 10.2. The molecule has 5 heteroatoms. The Kier molecular flexibility index (Phi) is 3.37. The topological polar surface area (TPSA) is 55.6 Å². The SMILES string of the molecule is CCCn1nccc1-c1nc(NC)ncc1C. The molecule has 0 saturated heterocycles. The monoisotopic (exact) mass is 231 g/mol. The lowest BCUT2D eigenvalue weighted by molar-refractivity contribution is 0.607. The Labute approximate surface area is 101 Å². The molecule has 0 aliphatic rings. The maximum atomic E-state index is 4.49. The Morgan fingerprint density at radius 1 is 1.41 bits per heavy atom. The van der Waals surface area contributed by atoms with Gasteiger partial charge >= 0.3 is 0 Å². The molecule has 90 valence electrons. The molecular weight excluding hydrogens is 214 g/mol. The van der Waals surface area contributed by atoms with Gasteiger partial charge in [0.1, 0.15) is 0 Å². The third-order valence-corrected chi connectivity index (χ3v) is 2.59. The fourth-order valence-corrected chi connectivity index (χ4v) is 1.75. The maximum absolute atomic E-state index is 4.49. The number of hydrogen-bond donors (Lipinski definition) is 1. The minimum atomic E-state index is 0.634. The molecule has 5 nitrogen and oxygen atoms in total. The van der Waals surface area contributed by atoms with E-state index in [1.165, 1.54) is 0 Å². The molecule has 0 unspecified atom stereocenters. The minimum absolute atomic E-state index is 0.634. The summed E-state index contributed by atoms with van der Waals surface area (Å²) < 4.78 is 1.98. The molecule has 1 N–H and O–H groups in total. The van der Waals surface area contributed by atoms with Gasteiger partial charge < -0.3 is 5.32 Å². The van der Waals surface area contributed by atoms with Crippen molar-refractivity contribution in [3.63, 3.8) is 0 Å². The van der Waals surface area contributed by atoms with Crippen LogP contribution in [0.15, 0.2) is 18.5 Å². The van der Waals surface area contributed by atoms with Crippen molar-refractivity contribution in [1.29, 1.82) is 0 Å². The molecule has 0 amide bonds. The largest absolute Gasteiger partial charge is 0.357 e. The summed E-state index contributed by atoms with van der Waals surface area (Å²) in [4.78, 5) is 8.68. The second kappa shape index (κ2) is 4.95. The van der Waals surface area contributed by atoms with E-state index in [-0.39, 0.29) is 0 Å². The van der Waals surface area contributed by atoms with E-state index < -0.39 is 0 Å². The number of aryl methyl sites for hydroxylation is 2. The van der Waals surface area contributed by atoms with Gasteiger partial charge in [-0.15, -0.1) is 0 Å². The molecule has 0 bridgehead atoms. The molecule has 17 heavy (non-hydrogen) atoms. The summed E-state index contributed by atoms with van der Waals surface area (Å²) in [7, 11) is 1.82. The average Bonchev–Trinajstić information content (AvgIpc) is 2.78. The van der Waals surface area contributed by atoms with Crippen molar-refractivity contribution in [3.8, 4) is 11.4 Å². The van der Waals surface area contributed by atoms with Crippen LogP contribution in [0, 0.1) is 6.92 Å².